The first-order chi connectivity index (χ1) is 7.59. The van der Waals surface area contributed by atoms with Crippen LogP contribution in [0.15, 0.2) is 18.2 Å². The number of rotatable bonds is 5. The van der Waals surface area contributed by atoms with E-state index in [-0.39, 0.29) is 12.4 Å². The molecule has 1 rings (SSSR count). The Morgan fingerprint density at radius 1 is 1.56 bits per heavy atom. The Hall–Kier alpha value is -1.62. The van der Waals surface area contributed by atoms with Gasteiger partial charge in [-0.05, 0) is 30.2 Å². The van der Waals surface area contributed by atoms with Crippen LogP contribution in [0, 0.1) is 12.7 Å². The van der Waals surface area contributed by atoms with Crippen LogP contribution in [0.2, 0.25) is 0 Å². The van der Waals surface area contributed by atoms with Crippen LogP contribution in [-0.4, -0.2) is 19.2 Å². The molecule has 4 nitrogen and oxygen atoms in total. The Kier molecular flexibility index (Phi) is 4.72. The number of carbonyl (C=O) groups excluding carboxylic acids is 1. The third-order valence-corrected chi connectivity index (χ3v) is 2.15. The summed E-state index contributed by atoms with van der Waals surface area (Å²) in [5.41, 5.74) is 6.70. The maximum Gasteiger partial charge on any atom is 0.404 e. The minimum absolute atomic E-state index is 0.212. The number of primary amides is 1. The molecule has 0 aliphatic heterocycles. The Balaban J connectivity index is 2.31. The van der Waals surface area contributed by atoms with E-state index in [4.69, 9.17) is 5.73 Å². The molecule has 0 aliphatic carbocycles. The minimum atomic E-state index is -0.788. The summed E-state index contributed by atoms with van der Waals surface area (Å²) >= 11 is 0. The lowest BCUT2D eigenvalue weighted by Gasteiger charge is -2.07. The number of nitrogens with one attached hydrogen (secondary N) is 1. The molecule has 16 heavy (non-hydrogen) atoms. The number of ether oxygens (including phenoxy) is 1. The topological polar surface area (TPSA) is 64.3 Å². The molecular formula is C11H15FN2O2. The summed E-state index contributed by atoms with van der Waals surface area (Å²) in [4.78, 5) is 10.3. The lowest BCUT2D eigenvalue weighted by atomic mass is 10.1. The summed E-state index contributed by atoms with van der Waals surface area (Å²) < 4.78 is 17.5. The lowest BCUT2D eigenvalue weighted by molar-refractivity contribution is 0.157. The van der Waals surface area contributed by atoms with Gasteiger partial charge in [-0.15, -0.1) is 0 Å². The molecule has 0 bridgehead atoms. The largest absolute Gasteiger partial charge is 0.448 e. The molecule has 1 aromatic rings. The number of aryl methyl sites for hydroxylation is 1. The van der Waals surface area contributed by atoms with Crippen molar-refractivity contribution in [3.63, 3.8) is 0 Å². The minimum Gasteiger partial charge on any atom is -0.448 e. The van der Waals surface area contributed by atoms with E-state index >= 15 is 0 Å². The molecule has 0 saturated carbocycles. The molecule has 0 spiro atoms. The number of hydrogen-bond donors (Lipinski definition) is 2. The van der Waals surface area contributed by atoms with Gasteiger partial charge in [-0.1, -0.05) is 6.07 Å². The molecule has 0 aliphatic rings. The van der Waals surface area contributed by atoms with Crippen molar-refractivity contribution >= 4 is 6.09 Å². The molecule has 0 fully saturated rings. The number of amides is 1. The van der Waals surface area contributed by atoms with Crippen LogP contribution in [0.4, 0.5) is 9.18 Å². The van der Waals surface area contributed by atoms with Crippen molar-refractivity contribution in [3.8, 4) is 0 Å². The van der Waals surface area contributed by atoms with Crippen LogP contribution >= 0.6 is 0 Å². The molecule has 0 heterocycles. The monoisotopic (exact) mass is 226 g/mol. The van der Waals surface area contributed by atoms with E-state index in [0.29, 0.717) is 13.1 Å². The molecule has 0 radical (unpaired) electrons. The van der Waals surface area contributed by atoms with Gasteiger partial charge in [0.05, 0.1) is 0 Å². The Bertz CT molecular complexity index is 369. The quantitative estimate of drug-likeness (QED) is 0.744. The highest BCUT2D eigenvalue weighted by atomic mass is 19.1. The van der Waals surface area contributed by atoms with Gasteiger partial charge in [0.25, 0.3) is 0 Å². The van der Waals surface area contributed by atoms with E-state index in [1.165, 1.54) is 12.1 Å². The molecule has 0 saturated heterocycles. The molecule has 0 aromatic heterocycles. The van der Waals surface area contributed by atoms with Gasteiger partial charge in [-0.2, -0.15) is 0 Å². The second kappa shape index (κ2) is 6.07. The van der Waals surface area contributed by atoms with Gasteiger partial charge >= 0.3 is 6.09 Å². The molecule has 0 atom stereocenters. The first-order valence-corrected chi connectivity index (χ1v) is 4.97. The molecule has 0 unspecified atom stereocenters. The summed E-state index contributed by atoms with van der Waals surface area (Å²) in [7, 11) is 0. The van der Waals surface area contributed by atoms with E-state index in [9.17, 15) is 9.18 Å². The van der Waals surface area contributed by atoms with E-state index in [1.807, 2.05) is 6.92 Å². The highest BCUT2D eigenvalue weighted by Gasteiger charge is 2.00. The first-order valence-electron chi connectivity index (χ1n) is 4.97. The molecule has 5 heteroatoms. The summed E-state index contributed by atoms with van der Waals surface area (Å²) in [6, 6.07) is 4.64. The third-order valence-electron chi connectivity index (χ3n) is 2.15. The SMILES string of the molecule is Cc1ccc(F)cc1CNCCOC(N)=O. The number of benzene rings is 1. The van der Waals surface area contributed by atoms with Gasteiger partial charge in [-0.25, -0.2) is 9.18 Å². The Morgan fingerprint density at radius 2 is 2.31 bits per heavy atom. The predicted molar refractivity (Wildman–Crippen MR) is 58.4 cm³/mol. The van der Waals surface area contributed by atoms with Crippen molar-refractivity contribution in [2.24, 2.45) is 5.73 Å². The number of carbonyl (C=O) groups is 1. The fourth-order valence-corrected chi connectivity index (χ4v) is 1.28. The third kappa shape index (κ3) is 4.27. The van der Waals surface area contributed by atoms with Gasteiger partial charge in [-0.3, -0.25) is 0 Å². The zero-order valence-electron chi connectivity index (χ0n) is 9.13. The summed E-state index contributed by atoms with van der Waals surface area (Å²) in [6.07, 6.45) is -0.788. The van der Waals surface area contributed by atoms with Crippen LogP contribution in [0.1, 0.15) is 11.1 Å². The maximum absolute atomic E-state index is 12.9. The van der Waals surface area contributed by atoms with Gasteiger partial charge in [0.15, 0.2) is 0 Å². The second-order valence-corrected chi connectivity index (χ2v) is 3.42. The molecule has 3 N–H and O–H groups in total. The maximum atomic E-state index is 12.9. The van der Waals surface area contributed by atoms with E-state index < -0.39 is 6.09 Å². The van der Waals surface area contributed by atoms with E-state index in [2.05, 4.69) is 10.1 Å². The van der Waals surface area contributed by atoms with Crippen molar-refractivity contribution in [2.75, 3.05) is 13.2 Å². The fraction of sp³-hybridized carbons (Fsp3) is 0.364. The smallest absolute Gasteiger partial charge is 0.404 e. The molecule has 1 amide bonds. The summed E-state index contributed by atoms with van der Waals surface area (Å²) in [6.45, 7) is 3.14. The highest BCUT2D eigenvalue weighted by Crippen LogP contribution is 2.09. The van der Waals surface area contributed by atoms with Crippen LogP contribution in [0.5, 0.6) is 0 Å². The van der Waals surface area contributed by atoms with Gasteiger partial charge < -0.3 is 15.8 Å². The average Bonchev–Trinajstić information content (AvgIpc) is 2.22. The highest BCUT2D eigenvalue weighted by molar-refractivity contribution is 5.64. The van der Waals surface area contributed by atoms with Crippen molar-refractivity contribution < 1.29 is 13.9 Å². The zero-order chi connectivity index (χ0) is 12.0. The van der Waals surface area contributed by atoms with Crippen LogP contribution in [0.3, 0.4) is 0 Å². The van der Waals surface area contributed by atoms with Gasteiger partial charge in [0, 0.05) is 13.1 Å². The molecular weight excluding hydrogens is 211 g/mol. The van der Waals surface area contributed by atoms with Crippen LogP contribution < -0.4 is 11.1 Å². The normalized spacial score (nSPS) is 10.1. The summed E-state index contributed by atoms with van der Waals surface area (Å²) in [5, 5.41) is 3.03. The van der Waals surface area contributed by atoms with Gasteiger partial charge in [0.1, 0.15) is 12.4 Å². The summed E-state index contributed by atoms with van der Waals surface area (Å²) in [5.74, 6) is -0.254. The standard InChI is InChI=1S/C11H15FN2O2/c1-8-2-3-10(12)6-9(8)7-14-4-5-16-11(13)15/h2-3,6,14H,4-5,7H2,1H3,(H2,13,15). The van der Waals surface area contributed by atoms with E-state index in [0.717, 1.165) is 11.1 Å². The predicted octanol–water partition coefficient (Wildman–Crippen LogP) is 1.32. The molecule has 1 aromatic carbocycles. The first kappa shape index (κ1) is 12.4. The Labute approximate surface area is 93.6 Å². The fourth-order valence-electron chi connectivity index (χ4n) is 1.28. The Morgan fingerprint density at radius 3 is 3.00 bits per heavy atom. The number of halogens is 1. The van der Waals surface area contributed by atoms with Crippen LogP contribution in [-0.2, 0) is 11.3 Å². The van der Waals surface area contributed by atoms with E-state index in [1.54, 1.807) is 6.07 Å². The second-order valence-electron chi connectivity index (χ2n) is 3.42. The van der Waals surface area contributed by atoms with Crippen molar-refractivity contribution in [1.29, 1.82) is 0 Å². The number of hydrogen-bond acceptors (Lipinski definition) is 3. The zero-order valence-corrected chi connectivity index (χ0v) is 9.13. The molecule has 88 valence electrons. The van der Waals surface area contributed by atoms with Crippen molar-refractivity contribution in [1.82, 2.24) is 5.32 Å². The average molecular weight is 226 g/mol. The lowest BCUT2D eigenvalue weighted by Crippen LogP contribution is -2.23. The van der Waals surface area contributed by atoms with Gasteiger partial charge in [0.2, 0.25) is 0 Å². The van der Waals surface area contributed by atoms with Crippen LogP contribution in [0.25, 0.3) is 0 Å². The number of nitrogens with two attached hydrogens (primary N) is 1. The van der Waals surface area contributed by atoms with Crippen molar-refractivity contribution in [2.45, 2.75) is 13.5 Å². The van der Waals surface area contributed by atoms with Crippen molar-refractivity contribution in [3.05, 3.63) is 35.1 Å².